The van der Waals surface area contributed by atoms with E-state index >= 15 is 0 Å². The molecule has 0 radical (unpaired) electrons. The maximum atomic E-state index is 12.0. The molecular formula is C14H18N2O3. The van der Waals surface area contributed by atoms with Crippen LogP contribution < -0.4 is 5.32 Å². The molecular weight excluding hydrogens is 244 g/mol. The van der Waals surface area contributed by atoms with Crippen LogP contribution in [0.1, 0.15) is 24.9 Å². The van der Waals surface area contributed by atoms with Crippen molar-refractivity contribution in [1.29, 1.82) is 0 Å². The van der Waals surface area contributed by atoms with E-state index in [0.717, 1.165) is 5.56 Å². The van der Waals surface area contributed by atoms with Crippen molar-refractivity contribution in [3.05, 3.63) is 35.9 Å². The Labute approximate surface area is 112 Å². The summed E-state index contributed by atoms with van der Waals surface area (Å²) in [7, 11) is 0. The van der Waals surface area contributed by atoms with Gasteiger partial charge in [-0.1, -0.05) is 37.3 Å². The molecule has 1 N–H and O–H groups in total. The molecule has 5 heteroatoms. The Morgan fingerprint density at radius 1 is 1.37 bits per heavy atom. The summed E-state index contributed by atoms with van der Waals surface area (Å²) in [5.74, 6) is -0.000310. The Balaban J connectivity index is 2.10. The molecule has 0 unspecified atom stereocenters. The second-order valence-corrected chi connectivity index (χ2v) is 4.41. The van der Waals surface area contributed by atoms with Gasteiger partial charge in [-0.15, -0.1) is 0 Å². The molecule has 0 spiro atoms. The number of carbonyl (C=O) groups is 2. The van der Waals surface area contributed by atoms with E-state index in [9.17, 15) is 9.59 Å². The van der Waals surface area contributed by atoms with Crippen LogP contribution in [-0.2, 0) is 9.53 Å². The van der Waals surface area contributed by atoms with Gasteiger partial charge in [-0.3, -0.25) is 9.69 Å². The lowest BCUT2D eigenvalue weighted by molar-refractivity contribution is -0.120. The predicted molar refractivity (Wildman–Crippen MR) is 70.5 cm³/mol. The standard InChI is InChI=1S/C14H18N2O3/c1-2-12(17)13(11-6-4-3-5-7-11)15-14(18)16-8-9-19-10-16/h3-7,13H,2,8-10H2,1H3,(H,15,18)/t13-/m1/s1. The monoisotopic (exact) mass is 262 g/mol. The second-order valence-electron chi connectivity index (χ2n) is 4.41. The number of Topliss-reactive ketones (excluding diaryl/α,β-unsaturated/α-hetero) is 1. The van der Waals surface area contributed by atoms with Gasteiger partial charge in [0.1, 0.15) is 12.8 Å². The van der Waals surface area contributed by atoms with E-state index in [2.05, 4.69) is 5.32 Å². The van der Waals surface area contributed by atoms with E-state index in [1.165, 1.54) is 0 Å². The van der Waals surface area contributed by atoms with Crippen LogP contribution in [0.5, 0.6) is 0 Å². The van der Waals surface area contributed by atoms with Crippen molar-refractivity contribution in [2.45, 2.75) is 19.4 Å². The maximum Gasteiger partial charge on any atom is 0.320 e. The molecule has 1 fully saturated rings. The van der Waals surface area contributed by atoms with Crippen molar-refractivity contribution in [2.75, 3.05) is 19.9 Å². The number of ether oxygens (including phenoxy) is 1. The maximum absolute atomic E-state index is 12.0. The van der Waals surface area contributed by atoms with Gasteiger partial charge in [-0.05, 0) is 5.56 Å². The van der Waals surface area contributed by atoms with Gasteiger partial charge in [0.25, 0.3) is 0 Å². The van der Waals surface area contributed by atoms with Gasteiger partial charge < -0.3 is 10.1 Å². The van der Waals surface area contributed by atoms with Crippen LogP contribution in [0, 0.1) is 0 Å². The highest BCUT2D eigenvalue weighted by molar-refractivity contribution is 5.89. The van der Waals surface area contributed by atoms with E-state index in [1.54, 1.807) is 11.8 Å². The van der Waals surface area contributed by atoms with Crippen LogP contribution in [0.25, 0.3) is 0 Å². The zero-order valence-electron chi connectivity index (χ0n) is 11.0. The van der Waals surface area contributed by atoms with Crippen molar-refractivity contribution in [1.82, 2.24) is 10.2 Å². The fraction of sp³-hybridized carbons (Fsp3) is 0.429. The minimum atomic E-state index is -0.584. The molecule has 5 nitrogen and oxygen atoms in total. The SMILES string of the molecule is CCC(=O)[C@H](NC(=O)N1CCOC1)c1ccccc1. The minimum Gasteiger partial charge on any atom is -0.359 e. The zero-order valence-corrected chi connectivity index (χ0v) is 11.0. The molecule has 2 amide bonds. The third-order valence-electron chi connectivity index (χ3n) is 3.11. The fourth-order valence-corrected chi connectivity index (χ4v) is 1.99. The van der Waals surface area contributed by atoms with Crippen molar-refractivity contribution in [2.24, 2.45) is 0 Å². The van der Waals surface area contributed by atoms with Gasteiger partial charge in [0.2, 0.25) is 0 Å². The summed E-state index contributed by atoms with van der Waals surface area (Å²) in [6.45, 7) is 3.19. The molecule has 1 atom stereocenters. The number of nitrogens with one attached hydrogen (secondary N) is 1. The Morgan fingerprint density at radius 3 is 2.68 bits per heavy atom. The summed E-state index contributed by atoms with van der Waals surface area (Å²) in [6, 6.07) is 8.45. The number of amides is 2. The topological polar surface area (TPSA) is 58.6 Å². The molecule has 0 bridgehead atoms. The first-order chi connectivity index (χ1) is 9.22. The highest BCUT2D eigenvalue weighted by Gasteiger charge is 2.25. The Morgan fingerprint density at radius 2 is 2.11 bits per heavy atom. The van der Waals surface area contributed by atoms with Gasteiger partial charge in [0, 0.05) is 13.0 Å². The third-order valence-corrected chi connectivity index (χ3v) is 3.11. The van der Waals surface area contributed by atoms with Crippen molar-refractivity contribution in [3.8, 4) is 0 Å². The number of hydrogen-bond acceptors (Lipinski definition) is 3. The molecule has 1 heterocycles. The lowest BCUT2D eigenvalue weighted by Gasteiger charge is -2.21. The van der Waals surface area contributed by atoms with Crippen LogP contribution in [0.4, 0.5) is 4.79 Å². The highest BCUT2D eigenvalue weighted by Crippen LogP contribution is 2.16. The van der Waals surface area contributed by atoms with Crippen LogP contribution in [0.3, 0.4) is 0 Å². The Bertz CT molecular complexity index is 441. The Hall–Kier alpha value is -1.88. The molecule has 1 aliphatic rings. The molecule has 0 aromatic heterocycles. The van der Waals surface area contributed by atoms with Crippen LogP contribution in [-0.4, -0.2) is 36.6 Å². The quantitative estimate of drug-likeness (QED) is 0.898. The number of benzene rings is 1. The average molecular weight is 262 g/mol. The van der Waals surface area contributed by atoms with Crippen molar-refractivity contribution in [3.63, 3.8) is 0 Å². The fourth-order valence-electron chi connectivity index (χ4n) is 1.99. The summed E-state index contributed by atoms with van der Waals surface area (Å²) < 4.78 is 5.13. The summed E-state index contributed by atoms with van der Waals surface area (Å²) in [5, 5.41) is 2.78. The van der Waals surface area contributed by atoms with Crippen LogP contribution in [0.2, 0.25) is 0 Å². The van der Waals surface area contributed by atoms with Gasteiger partial charge in [0.15, 0.2) is 5.78 Å². The van der Waals surface area contributed by atoms with E-state index in [4.69, 9.17) is 4.74 Å². The van der Waals surface area contributed by atoms with E-state index in [1.807, 2.05) is 30.3 Å². The average Bonchev–Trinajstić information content (AvgIpc) is 2.99. The molecule has 1 saturated heterocycles. The normalized spacial score (nSPS) is 16.2. The zero-order chi connectivity index (χ0) is 13.7. The molecule has 102 valence electrons. The predicted octanol–water partition coefficient (Wildman–Crippen LogP) is 1.71. The number of carbonyl (C=O) groups excluding carboxylic acids is 2. The summed E-state index contributed by atoms with van der Waals surface area (Å²) in [5.41, 5.74) is 0.808. The third kappa shape index (κ3) is 3.32. The minimum absolute atomic E-state index is 0.000310. The van der Waals surface area contributed by atoms with E-state index in [-0.39, 0.29) is 18.5 Å². The number of nitrogens with zero attached hydrogens (tertiary/aromatic N) is 1. The first kappa shape index (κ1) is 13.5. The molecule has 1 aromatic rings. The molecule has 1 aromatic carbocycles. The van der Waals surface area contributed by atoms with Crippen molar-refractivity contribution >= 4 is 11.8 Å². The molecule has 0 aliphatic carbocycles. The van der Waals surface area contributed by atoms with E-state index in [0.29, 0.717) is 19.6 Å². The van der Waals surface area contributed by atoms with Gasteiger partial charge in [-0.2, -0.15) is 0 Å². The van der Waals surface area contributed by atoms with Crippen molar-refractivity contribution < 1.29 is 14.3 Å². The molecule has 0 saturated carbocycles. The summed E-state index contributed by atoms with van der Waals surface area (Å²) >= 11 is 0. The lowest BCUT2D eigenvalue weighted by atomic mass is 10.0. The number of ketones is 1. The van der Waals surface area contributed by atoms with Gasteiger partial charge >= 0.3 is 6.03 Å². The molecule has 2 rings (SSSR count). The number of hydrogen-bond donors (Lipinski definition) is 1. The smallest absolute Gasteiger partial charge is 0.320 e. The second kappa shape index (κ2) is 6.33. The van der Waals surface area contributed by atoms with Crippen LogP contribution >= 0.6 is 0 Å². The Kier molecular flexibility index (Phi) is 4.52. The van der Waals surface area contributed by atoms with E-state index < -0.39 is 6.04 Å². The summed E-state index contributed by atoms with van der Waals surface area (Å²) in [4.78, 5) is 25.6. The lowest BCUT2D eigenvalue weighted by Crippen LogP contribution is -2.42. The van der Waals surface area contributed by atoms with Gasteiger partial charge in [-0.25, -0.2) is 4.79 Å². The number of rotatable bonds is 4. The largest absolute Gasteiger partial charge is 0.359 e. The van der Waals surface area contributed by atoms with Crippen LogP contribution in [0.15, 0.2) is 30.3 Å². The first-order valence-electron chi connectivity index (χ1n) is 6.43. The molecule has 19 heavy (non-hydrogen) atoms. The highest BCUT2D eigenvalue weighted by atomic mass is 16.5. The summed E-state index contributed by atoms with van der Waals surface area (Å²) in [6.07, 6.45) is 0.385. The first-order valence-corrected chi connectivity index (χ1v) is 6.43. The molecule has 1 aliphatic heterocycles. The number of urea groups is 1. The van der Waals surface area contributed by atoms with Gasteiger partial charge in [0.05, 0.1) is 6.61 Å².